The van der Waals surface area contributed by atoms with E-state index in [1.54, 1.807) is 31.2 Å². The van der Waals surface area contributed by atoms with Crippen molar-refractivity contribution in [2.24, 2.45) is 0 Å². The lowest BCUT2D eigenvalue weighted by molar-refractivity contribution is 0.571. The number of aryl methyl sites for hydroxylation is 1. The summed E-state index contributed by atoms with van der Waals surface area (Å²) in [6.45, 7) is 3.69. The standard InChI is InChI=1S/C10H15NO2S2/c1-8-3-5-10(6-4-8)15(12,13)11-9(2)7-14/h3-6,9,11,14H,7H2,1-2H3/t9-/m1/s1. The normalized spacial score (nSPS) is 13.8. The Labute approximate surface area is 96.4 Å². The minimum atomic E-state index is -3.39. The third-order valence-electron chi connectivity index (χ3n) is 1.96. The Morgan fingerprint density at radius 1 is 1.33 bits per heavy atom. The fraction of sp³-hybridized carbons (Fsp3) is 0.400. The minimum absolute atomic E-state index is 0.167. The smallest absolute Gasteiger partial charge is 0.208 e. The molecular weight excluding hydrogens is 230 g/mol. The molecule has 1 N–H and O–H groups in total. The molecule has 0 saturated heterocycles. The first-order chi connectivity index (χ1) is 6.95. The lowest BCUT2D eigenvalue weighted by Gasteiger charge is -2.11. The Morgan fingerprint density at radius 2 is 1.87 bits per heavy atom. The summed E-state index contributed by atoms with van der Waals surface area (Å²) in [5.41, 5.74) is 1.04. The summed E-state index contributed by atoms with van der Waals surface area (Å²) >= 11 is 4.03. The molecule has 0 spiro atoms. The van der Waals surface area contributed by atoms with Crippen LogP contribution in [0.25, 0.3) is 0 Å². The van der Waals surface area contributed by atoms with Crippen LogP contribution in [0.3, 0.4) is 0 Å². The molecule has 15 heavy (non-hydrogen) atoms. The molecule has 0 saturated carbocycles. The van der Waals surface area contributed by atoms with E-state index >= 15 is 0 Å². The largest absolute Gasteiger partial charge is 0.240 e. The van der Waals surface area contributed by atoms with Gasteiger partial charge in [0.25, 0.3) is 0 Å². The predicted molar refractivity (Wildman–Crippen MR) is 64.8 cm³/mol. The zero-order valence-corrected chi connectivity index (χ0v) is 10.5. The lowest BCUT2D eigenvalue weighted by atomic mass is 10.2. The second kappa shape index (κ2) is 5.01. The van der Waals surface area contributed by atoms with Crippen LogP contribution in [0.1, 0.15) is 12.5 Å². The van der Waals surface area contributed by atoms with E-state index in [0.717, 1.165) is 5.56 Å². The quantitative estimate of drug-likeness (QED) is 0.791. The van der Waals surface area contributed by atoms with Gasteiger partial charge in [0.1, 0.15) is 0 Å². The van der Waals surface area contributed by atoms with Gasteiger partial charge in [-0.25, -0.2) is 13.1 Å². The van der Waals surface area contributed by atoms with Gasteiger partial charge in [0.15, 0.2) is 0 Å². The SMILES string of the molecule is Cc1ccc(S(=O)(=O)N[C@H](C)CS)cc1. The van der Waals surface area contributed by atoms with Crippen molar-refractivity contribution in [1.82, 2.24) is 4.72 Å². The van der Waals surface area contributed by atoms with Crippen LogP contribution < -0.4 is 4.72 Å². The highest BCUT2D eigenvalue weighted by Crippen LogP contribution is 2.10. The minimum Gasteiger partial charge on any atom is -0.208 e. The van der Waals surface area contributed by atoms with Gasteiger partial charge in [0.2, 0.25) is 10.0 Å². The highest BCUT2D eigenvalue weighted by molar-refractivity contribution is 7.89. The third kappa shape index (κ3) is 3.52. The number of nitrogens with one attached hydrogen (secondary N) is 1. The van der Waals surface area contributed by atoms with Gasteiger partial charge < -0.3 is 0 Å². The Kier molecular flexibility index (Phi) is 4.19. The van der Waals surface area contributed by atoms with Gasteiger partial charge in [-0.05, 0) is 26.0 Å². The first-order valence-electron chi connectivity index (χ1n) is 4.65. The van der Waals surface area contributed by atoms with Crippen molar-refractivity contribution in [2.75, 3.05) is 5.75 Å². The van der Waals surface area contributed by atoms with Gasteiger partial charge in [0.05, 0.1) is 4.90 Å². The van der Waals surface area contributed by atoms with E-state index in [9.17, 15) is 8.42 Å². The summed E-state index contributed by atoms with van der Waals surface area (Å²) < 4.78 is 26.1. The molecule has 0 amide bonds. The van der Waals surface area contributed by atoms with Crippen molar-refractivity contribution >= 4 is 22.7 Å². The van der Waals surface area contributed by atoms with Crippen molar-refractivity contribution in [3.63, 3.8) is 0 Å². The summed E-state index contributed by atoms with van der Waals surface area (Å²) in [6, 6.07) is 6.59. The molecule has 5 heteroatoms. The zero-order valence-electron chi connectivity index (χ0n) is 8.77. The predicted octanol–water partition coefficient (Wildman–Crippen LogP) is 1.59. The molecule has 1 rings (SSSR count). The molecule has 0 aliphatic carbocycles. The van der Waals surface area contributed by atoms with Crippen molar-refractivity contribution in [3.05, 3.63) is 29.8 Å². The molecule has 0 bridgehead atoms. The second-order valence-electron chi connectivity index (χ2n) is 3.52. The summed E-state index contributed by atoms with van der Waals surface area (Å²) in [5, 5.41) is 0. The molecule has 84 valence electrons. The highest BCUT2D eigenvalue weighted by Gasteiger charge is 2.15. The first kappa shape index (κ1) is 12.5. The van der Waals surface area contributed by atoms with Gasteiger partial charge in [-0.3, -0.25) is 0 Å². The molecule has 1 atom stereocenters. The molecule has 0 heterocycles. The van der Waals surface area contributed by atoms with E-state index in [0.29, 0.717) is 10.6 Å². The molecule has 0 fully saturated rings. The summed E-state index contributed by atoms with van der Waals surface area (Å²) in [7, 11) is -3.39. The lowest BCUT2D eigenvalue weighted by Crippen LogP contribution is -2.33. The van der Waals surface area contributed by atoms with E-state index in [1.165, 1.54) is 0 Å². The molecular formula is C10H15NO2S2. The average molecular weight is 245 g/mol. The number of thiol groups is 1. The number of benzene rings is 1. The molecule has 1 aromatic carbocycles. The van der Waals surface area contributed by atoms with E-state index < -0.39 is 10.0 Å². The van der Waals surface area contributed by atoms with Crippen LogP contribution in [-0.4, -0.2) is 20.2 Å². The molecule has 0 unspecified atom stereocenters. The number of hydrogen-bond acceptors (Lipinski definition) is 3. The maximum atomic E-state index is 11.8. The van der Waals surface area contributed by atoms with Gasteiger partial charge in [-0.2, -0.15) is 12.6 Å². The number of hydrogen-bond donors (Lipinski definition) is 2. The second-order valence-corrected chi connectivity index (χ2v) is 5.60. The van der Waals surface area contributed by atoms with Gasteiger partial charge in [-0.1, -0.05) is 17.7 Å². The fourth-order valence-electron chi connectivity index (χ4n) is 1.09. The van der Waals surface area contributed by atoms with Crippen molar-refractivity contribution in [1.29, 1.82) is 0 Å². The van der Waals surface area contributed by atoms with Crippen molar-refractivity contribution in [3.8, 4) is 0 Å². The van der Waals surface area contributed by atoms with Crippen LogP contribution in [0.4, 0.5) is 0 Å². The van der Waals surface area contributed by atoms with Gasteiger partial charge in [-0.15, -0.1) is 0 Å². The van der Waals surface area contributed by atoms with Crippen LogP contribution in [0.5, 0.6) is 0 Å². The van der Waals surface area contributed by atoms with E-state index in [4.69, 9.17) is 0 Å². The molecule has 0 aliphatic rings. The maximum absolute atomic E-state index is 11.8. The average Bonchev–Trinajstić information content (AvgIpc) is 2.17. The number of sulfonamides is 1. The first-order valence-corrected chi connectivity index (χ1v) is 6.77. The molecule has 1 aromatic rings. The Balaban J connectivity index is 2.91. The highest BCUT2D eigenvalue weighted by atomic mass is 32.2. The summed E-state index contributed by atoms with van der Waals surface area (Å²) in [6.07, 6.45) is 0. The van der Waals surface area contributed by atoms with Gasteiger partial charge >= 0.3 is 0 Å². The third-order valence-corrected chi connectivity index (χ3v) is 4.11. The van der Waals surface area contributed by atoms with E-state index in [1.807, 2.05) is 6.92 Å². The van der Waals surface area contributed by atoms with E-state index in [-0.39, 0.29) is 6.04 Å². The van der Waals surface area contributed by atoms with Crippen LogP contribution >= 0.6 is 12.6 Å². The molecule has 0 aliphatic heterocycles. The molecule has 0 aromatic heterocycles. The van der Waals surface area contributed by atoms with Crippen LogP contribution in [-0.2, 0) is 10.0 Å². The fourth-order valence-corrected chi connectivity index (χ4v) is 2.55. The summed E-state index contributed by atoms with van der Waals surface area (Å²) in [5.74, 6) is 0.477. The number of rotatable bonds is 4. The van der Waals surface area contributed by atoms with Gasteiger partial charge in [0, 0.05) is 11.8 Å². The molecule has 3 nitrogen and oxygen atoms in total. The Hall–Kier alpha value is -0.520. The monoisotopic (exact) mass is 245 g/mol. The maximum Gasteiger partial charge on any atom is 0.240 e. The van der Waals surface area contributed by atoms with Crippen LogP contribution in [0.15, 0.2) is 29.2 Å². The van der Waals surface area contributed by atoms with Crippen LogP contribution in [0, 0.1) is 6.92 Å². The van der Waals surface area contributed by atoms with E-state index in [2.05, 4.69) is 17.4 Å². The zero-order chi connectivity index (χ0) is 11.5. The Morgan fingerprint density at radius 3 is 2.33 bits per heavy atom. The topological polar surface area (TPSA) is 46.2 Å². The van der Waals surface area contributed by atoms with Crippen molar-refractivity contribution < 1.29 is 8.42 Å². The summed E-state index contributed by atoms with van der Waals surface area (Å²) in [4.78, 5) is 0.293. The van der Waals surface area contributed by atoms with Crippen molar-refractivity contribution in [2.45, 2.75) is 24.8 Å². The molecule has 0 radical (unpaired) electrons. The van der Waals surface area contributed by atoms with Crippen LogP contribution in [0.2, 0.25) is 0 Å². The Bertz CT molecular complexity index is 412.